The first-order chi connectivity index (χ1) is 10.9. The van der Waals surface area contributed by atoms with Crippen molar-refractivity contribution in [2.45, 2.75) is 75.8 Å². The lowest BCUT2D eigenvalue weighted by atomic mass is 9.42. The van der Waals surface area contributed by atoms with Gasteiger partial charge in [-0.25, -0.2) is 0 Å². The van der Waals surface area contributed by atoms with Crippen molar-refractivity contribution in [1.29, 1.82) is 0 Å². The molecule has 0 aliphatic heterocycles. The Morgan fingerprint density at radius 2 is 1.32 bits per heavy atom. The monoisotopic (exact) mass is 296 g/mol. The molecule has 0 spiro atoms. The molecule has 2 saturated carbocycles. The maximum atomic E-state index is 6.34. The van der Waals surface area contributed by atoms with Gasteiger partial charge in [-0.2, -0.15) is 0 Å². The highest BCUT2D eigenvalue weighted by Crippen LogP contribution is 2.41. The van der Waals surface area contributed by atoms with Crippen molar-refractivity contribution in [3.63, 3.8) is 0 Å². The Morgan fingerprint density at radius 1 is 0.773 bits per heavy atom. The molecule has 0 saturated heterocycles. The van der Waals surface area contributed by atoms with Crippen LogP contribution >= 0.6 is 0 Å². The standard InChI is InChI=1S/C20H29BO/c1-4-10-18(11-5-1)16-17-22-21(19-12-6-2-7-13-19)20-14-8-3-9-15-20/h1,4-5,10-11,16-17,19-20H,2-3,6-9,12-15H2/b17-16+. The van der Waals surface area contributed by atoms with E-state index in [9.17, 15) is 0 Å². The van der Waals surface area contributed by atoms with Crippen molar-refractivity contribution in [2.75, 3.05) is 0 Å². The summed E-state index contributed by atoms with van der Waals surface area (Å²) in [5, 5.41) is 0. The van der Waals surface area contributed by atoms with Crippen molar-refractivity contribution in [3.8, 4) is 0 Å². The van der Waals surface area contributed by atoms with E-state index in [0.717, 1.165) is 11.6 Å². The van der Waals surface area contributed by atoms with E-state index >= 15 is 0 Å². The van der Waals surface area contributed by atoms with Crippen molar-refractivity contribution in [2.24, 2.45) is 0 Å². The highest BCUT2D eigenvalue weighted by atomic mass is 16.4. The Balaban J connectivity index is 1.63. The summed E-state index contributed by atoms with van der Waals surface area (Å²) in [7, 11) is 0. The fourth-order valence-corrected chi connectivity index (χ4v) is 4.31. The van der Waals surface area contributed by atoms with Gasteiger partial charge in [-0.1, -0.05) is 94.5 Å². The highest BCUT2D eigenvalue weighted by molar-refractivity contribution is 6.55. The molecular weight excluding hydrogens is 267 g/mol. The molecule has 0 unspecified atom stereocenters. The molecule has 2 heteroatoms. The smallest absolute Gasteiger partial charge is 0.363 e. The van der Waals surface area contributed by atoms with Gasteiger partial charge in [0.25, 0.3) is 0 Å². The molecule has 2 aliphatic rings. The molecule has 118 valence electrons. The van der Waals surface area contributed by atoms with E-state index in [2.05, 4.69) is 36.4 Å². The lowest BCUT2D eigenvalue weighted by Gasteiger charge is -2.33. The average Bonchev–Trinajstić information content (AvgIpc) is 2.61. The second kappa shape index (κ2) is 8.46. The first-order valence-corrected chi connectivity index (χ1v) is 9.30. The predicted molar refractivity (Wildman–Crippen MR) is 96.0 cm³/mol. The van der Waals surface area contributed by atoms with Crippen LogP contribution in [0.4, 0.5) is 0 Å². The van der Waals surface area contributed by atoms with Crippen LogP contribution in [0, 0.1) is 0 Å². The van der Waals surface area contributed by atoms with E-state index in [1.165, 1.54) is 69.8 Å². The van der Waals surface area contributed by atoms with Gasteiger partial charge in [0.2, 0.25) is 0 Å². The van der Waals surface area contributed by atoms with E-state index in [0.29, 0.717) is 6.92 Å². The SMILES string of the molecule is C(=C\c1ccccc1)/OB(C1CCCCC1)C1CCCCC1. The molecule has 0 bridgehead atoms. The molecule has 0 amide bonds. The van der Waals surface area contributed by atoms with Gasteiger partial charge < -0.3 is 4.65 Å². The van der Waals surface area contributed by atoms with E-state index in [-0.39, 0.29) is 0 Å². The molecular formula is C20H29BO. The van der Waals surface area contributed by atoms with Crippen molar-refractivity contribution < 1.29 is 4.65 Å². The van der Waals surface area contributed by atoms with Gasteiger partial charge in [-0.15, -0.1) is 0 Å². The zero-order valence-electron chi connectivity index (χ0n) is 13.8. The maximum absolute atomic E-state index is 6.34. The fraction of sp³-hybridized carbons (Fsp3) is 0.600. The summed E-state index contributed by atoms with van der Waals surface area (Å²) in [5.74, 6) is 1.58. The summed E-state index contributed by atoms with van der Waals surface area (Å²) in [5.41, 5.74) is 1.23. The van der Waals surface area contributed by atoms with Crippen LogP contribution in [-0.2, 0) is 4.65 Å². The van der Waals surface area contributed by atoms with Crippen LogP contribution in [0.2, 0.25) is 11.6 Å². The van der Waals surface area contributed by atoms with E-state index in [1.54, 1.807) is 0 Å². The molecule has 1 nitrogen and oxygen atoms in total. The van der Waals surface area contributed by atoms with E-state index in [1.807, 2.05) is 6.26 Å². The van der Waals surface area contributed by atoms with Crippen LogP contribution < -0.4 is 0 Å². The second-order valence-corrected chi connectivity index (χ2v) is 7.11. The molecule has 2 fully saturated rings. The highest BCUT2D eigenvalue weighted by Gasteiger charge is 2.37. The normalized spacial score (nSPS) is 21.1. The largest absolute Gasteiger partial charge is 0.565 e. The lowest BCUT2D eigenvalue weighted by Crippen LogP contribution is -2.31. The Labute approximate surface area is 136 Å². The Hall–Kier alpha value is -1.18. The van der Waals surface area contributed by atoms with Crippen molar-refractivity contribution >= 4 is 13.0 Å². The second-order valence-electron chi connectivity index (χ2n) is 7.11. The molecule has 1 aromatic rings. The van der Waals surface area contributed by atoms with Crippen LogP contribution in [0.5, 0.6) is 0 Å². The zero-order valence-corrected chi connectivity index (χ0v) is 13.8. The molecule has 3 rings (SSSR count). The van der Waals surface area contributed by atoms with Crippen LogP contribution in [-0.4, -0.2) is 6.92 Å². The van der Waals surface area contributed by atoms with Crippen LogP contribution in [0.1, 0.15) is 69.8 Å². The average molecular weight is 296 g/mol. The lowest BCUT2D eigenvalue weighted by molar-refractivity contribution is 0.381. The third-order valence-corrected chi connectivity index (χ3v) is 5.52. The van der Waals surface area contributed by atoms with Crippen LogP contribution in [0.3, 0.4) is 0 Å². The van der Waals surface area contributed by atoms with Gasteiger partial charge in [-0.3, -0.25) is 0 Å². The summed E-state index contributed by atoms with van der Waals surface area (Å²) in [6.07, 6.45) is 18.1. The van der Waals surface area contributed by atoms with Gasteiger partial charge in [0.1, 0.15) is 0 Å². The Kier molecular flexibility index (Phi) is 6.04. The van der Waals surface area contributed by atoms with Crippen LogP contribution in [0.15, 0.2) is 36.6 Å². The minimum Gasteiger partial charge on any atom is -0.565 e. The van der Waals surface area contributed by atoms with Gasteiger partial charge in [0.15, 0.2) is 0 Å². The van der Waals surface area contributed by atoms with Gasteiger partial charge in [0.05, 0.1) is 6.26 Å². The Morgan fingerprint density at radius 3 is 1.86 bits per heavy atom. The Bertz CT molecular complexity index is 426. The van der Waals surface area contributed by atoms with Gasteiger partial charge in [0, 0.05) is 0 Å². The van der Waals surface area contributed by atoms with Gasteiger partial charge >= 0.3 is 6.92 Å². The molecule has 0 atom stereocenters. The first-order valence-electron chi connectivity index (χ1n) is 9.30. The molecule has 0 aromatic heterocycles. The van der Waals surface area contributed by atoms with Crippen molar-refractivity contribution in [1.82, 2.24) is 0 Å². The maximum Gasteiger partial charge on any atom is 0.363 e. The summed E-state index contributed by atoms with van der Waals surface area (Å²) >= 11 is 0. The van der Waals surface area contributed by atoms with Gasteiger partial charge in [-0.05, 0) is 23.3 Å². The molecule has 0 N–H and O–H groups in total. The topological polar surface area (TPSA) is 9.23 Å². The molecule has 0 radical (unpaired) electrons. The summed E-state index contributed by atoms with van der Waals surface area (Å²) in [4.78, 5) is 0. The van der Waals surface area contributed by atoms with Crippen LogP contribution in [0.25, 0.3) is 6.08 Å². The van der Waals surface area contributed by atoms with E-state index < -0.39 is 0 Å². The third kappa shape index (κ3) is 4.41. The summed E-state index contributed by atoms with van der Waals surface area (Å²) in [6, 6.07) is 10.5. The third-order valence-electron chi connectivity index (χ3n) is 5.52. The quantitative estimate of drug-likeness (QED) is 0.455. The molecule has 1 aromatic carbocycles. The molecule has 0 heterocycles. The number of hydrogen-bond acceptors (Lipinski definition) is 1. The van der Waals surface area contributed by atoms with E-state index in [4.69, 9.17) is 4.65 Å². The zero-order chi connectivity index (χ0) is 15.0. The number of rotatable bonds is 5. The summed E-state index contributed by atoms with van der Waals surface area (Å²) < 4.78 is 6.34. The fourth-order valence-electron chi connectivity index (χ4n) is 4.31. The van der Waals surface area contributed by atoms with Crippen molar-refractivity contribution in [3.05, 3.63) is 42.2 Å². The minimum absolute atomic E-state index is 0.459. The summed E-state index contributed by atoms with van der Waals surface area (Å²) in [6.45, 7) is 0.459. The molecule has 2 aliphatic carbocycles. The molecule has 22 heavy (non-hydrogen) atoms. The number of hydrogen-bond donors (Lipinski definition) is 0. The predicted octanol–water partition coefficient (Wildman–Crippen LogP) is 6.33. The number of benzene rings is 1. The minimum atomic E-state index is 0.459. The first kappa shape index (κ1) is 15.7.